The van der Waals surface area contributed by atoms with E-state index >= 15 is 0 Å². The summed E-state index contributed by atoms with van der Waals surface area (Å²) in [6.45, 7) is 5.96. The maximum atomic E-state index is 11.6. The molecule has 0 aromatic carbocycles. The van der Waals surface area contributed by atoms with Crippen molar-refractivity contribution in [2.24, 2.45) is 0 Å². The number of carbonyl (C=O) groups is 1. The van der Waals surface area contributed by atoms with Crippen molar-refractivity contribution in [1.82, 2.24) is 8.01 Å². The van der Waals surface area contributed by atoms with E-state index in [0.717, 1.165) is 45.4 Å². The monoisotopic (exact) mass is 296 g/mol. The molecule has 0 saturated carbocycles. The van der Waals surface area contributed by atoms with Gasteiger partial charge in [-0.3, -0.25) is 4.79 Å². The highest BCUT2D eigenvalue weighted by Crippen LogP contribution is 2.08. The molecule has 13 heavy (non-hydrogen) atoms. The number of amides is 1. The molecule has 0 aliphatic carbocycles. The standard InChI is InChI=1S/C9H17IN2O/c1-2-3-4-9(13)11-5-7-12(10)8-6-11/h2-8H2,1H3. The van der Waals surface area contributed by atoms with E-state index in [1.807, 2.05) is 4.90 Å². The lowest BCUT2D eigenvalue weighted by Crippen LogP contribution is -2.45. The van der Waals surface area contributed by atoms with Crippen molar-refractivity contribution in [3.05, 3.63) is 0 Å². The minimum absolute atomic E-state index is 0.339. The van der Waals surface area contributed by atoms with E-state index in [1.165, 1.54) is 0 Å². The van der Waals surface area contributed by atoms with Crippen LogP contribution in [0.15, 0.2) is 0 Å². The van der Waals surface area contributed by atoms with Crippen molar-refractivity contribution in [3.63, 3.8) is 0 Å². The van der Waals surface area contributed by atoms with Gasteiger partial charge in [-0.15, -0.1) is 0 Å². The third-order valence-electron chi connectivity index (χ3n) is 2.32. The van der Waals surface area contributed by atoms with Gasteiger partial charge in [0.05, 0.1) is 0 Å². The second kappa shape index (κ2) is 5.80. The highest BCUT2D eigenvalue weighted by atomic mass is 127. The quantitative estimate of drug-likeness (QED) is 0.584. The van der Waals surface area contributed by atoms with E-state index in [9.17, 15) is 4.79 Å². The molecule has 1 rings (SSSR count). The first kappa shape index (κ1) is 11.2. The number of hydrogen-bond acceptors (Lipinski definition) is 2. The van der Waals surface area contributed by atoms with E-state index < -0.39 is 0 Å². The third-order valence-corrected chi connectivity index (χ3v) is 3.29. The molecule has 1 amide bonds. The van der Waals surface area contributed by atoms with Gasteiger partial charge in [0.2, 0.25) is 5.91 Å². The SMILES string of the molecule is CCCCC(=O)N1CCN(I)CC1. The van der Waals surface area contributed by atoms with Crippen LogP contribution in [0, 0.1) is 0 Å². The zero-order valence-electron chi connectivity index (χ0n) is 8.13. The molecule has 0 spiro atoms. The van der Waals surface area contributed by atoms with Gasteiger partial charge in [-0.1, -0.05) is 13.3 Å². The Morgan fingerprint density at radius 2 is 1.92 bits per heavy atom. The normalized spacial score (nSPS) is 19.1. The van der Waals surface area contributed by atoms with Crippen LogP contribution in [0.25, 0.3) is 0 Å². The van der Waals surface area contributed by atoms with Crippen LogP contribution in [0.1, 0.15) is 26.2 Å². The highest BCUT2D eigenvalue weighted by Gasteiger charge is 2.18. The summed E-state index contributed by atoms with van der Waals surface area (Å²) in [5, 5.41) is 0. The number of halogens is 1. The minimum atomic E-state index is 0.339. The lowest BCUT2D eigenvalue weighted by molar-refractivity contribution is -0.132. The number of unbranched alkanes of at least 4 members (excludes halogenated alkanes) is 1. The van der Waals surface area contributed by atoms with Gasteiger partial charge in [0.25, 0.3) is 0 Å². The van der Waals surface area contributed by atoms with E-state index in [2.05, 4.69) is 32.9 Å². The molecule has 76 valence electrons. The number of nitrogens with zero attached hydrogens (tertiary/aromatic N) is 2. The molecule has 0 N–H and O–H groups in total. The molecule has 4 heteroatoms. The fraction of sp³-hybridized carbons (Fsp3) is 0.889. The van der Waals surface area contributed by atoms with Gasteiger partial charge in [0.15, 0.2) is 0 Å². The van der Waals surface area contributed by atoms with E-state index in [1.54, 1.807) is 0 Å². The first-order valence-electron chi connectivity index (χ1n) is 4.92. The minimum Gasteiger partial charge on any atom is -0.340 e. The number of piperazine rings is 1. The van der Waals surface area contributed by atoms with Gasteiger partial charge in [0, 0.05) is 55.5 Å². The lowest BCUT2D eigenvalue weighted by Gasteiger charge is -2.31. The lowest BCUT2D eigenvalue weighted by atomic mass is 10.2. The highest BCUT2D eigenvalue weighted by molar-refractivity contribution is 14.1. The van der Waals surface area contributed by atoms with Gasteiger partial charge in [-0.2, -0.15) is 0 Å². The summed E-state index contributed by atoms with van der Waals surface area (Å²) < 4.78 is 2.24. The third kappa shape index (κ3) is 3.81. The molecule has 3 nitrogen and oxygen atoms in total. The second-order valence-corrected chi connectivity index (χ2v) is 4.76. The van der Waals surface area contributed by atoms with Gasteiger partial charge in [0.1, 0.15) is 0 Å². The number of carbonyl (C=O) groups excluding carboxylic acids is 1. The predicted octanol–water partition coefficient (Wildman–Crippen LogP) is 1.67. The van der Waals surface area contributed by atoms with E-state index in [-0.39, 0.29) is 0 Å². The number of hydrogen-bond donors (Lipinski definition) is 0. The Kier molecular flexibility index (Phi) is 5.01. The summed E-state index contributed by atoms with van der Waals surface area (Å²) in [6, 6.07) is 0. The average molecular weight is 296 g/mol. The molecule has 0 radical (unpaired) electrons. The summed E-state index contributed by atoms with van der Waals surface area (Å²) in [5.74, 6) is 0.339. The average Bonchev–Trinajstić information content (AvgIpc) is 2.15. The Bertz CT molecular complexity index is 167. The molecule has 1 aliphatic rings. The van der Waals surface area contributed by atoms with E-state index in [0.29, 0.717) is 5.91 Å². The predicted molar refractivity (Wildman–Crippen MR) is 61.7 cm³/mol. The van der Waals surface area contributed by atoms with Crippen molar-refractivity contribution in [2.75, 3.05) is 26.2 Å². The second-order valence-electron chi connectivity index (χ2n) is 3.39. The van der Waals surface area contributed by atoms with Gasteiger partial charge < -0.3 is 4.90 Å². The van der Waals surface area contributed by atoms with Crippen molar-refractivity contribution >= 4 is 28.8 Å². The maximum Gasteiger partial charge on any atom is 0.222 e. The van der Waals surface area contributed by atoms with Crippen molar-refractivity contribution in [1.29, 1.82) is 0 Å². The van der Waals surface area contributed by atoms with Crippen molar-refractivity contribution in [3.8, 4) is 0 Å². The van der Waals surface area contributed by atoms with Gasteiger partial charge >= 0.3 is 0 Å². The van der Waals surface area contributed by atoms with Gasteiger partial charge in [-0.25, -0.2) is 3.11 Å². The Morgan fingerprint density at radius 1 is 1.31 bits per heavy atom. The molecule has 1 heterocycles. The Morgan fingerprint density at radius 3 is 2.46 bits per heavy atom. The summed E-state index contributed by atoms with van der Waals surface area (Å²) in [5.41, 5.74) is 0. The maximum absolute atomic E-state index is 11.6. The van der Waals surface area contributed by atoms with Crippen molar-refractivity contribution in [2.45, 2.75) is 26.2 Å². The molecule has 1 saturated heterocycles. The van der Waals surface area contributed by atoms with Crippen LogP contribution in [0.4, 0.5) is 0 Å². The Hall–Kier alpha value is 0.160. The smallest absolute Gasteiger partial charge is 0.222 e. The molecular weight excluding hydrogens is 279 g/mol. The van der Waals surface area contributed by atoms with E-state index in [4.69, 9.17) is 0 Å². The Balaban J connectivity index is 2.23. The fourth-order valence-electron chi connectivity index (χ4n) is 1.42. The largest absolute Gasteiger partial charge is 0.340 e. The van der Waals surface area contributed by atoms with Crippen molar-refractivity contribution < 1.29 is 4.79 Å². The molecule has 1 aliphatic heterocycles. The molecule has 0 aromatic rings. The molecule has 0 atom stereocenters. The van der Waals surface area contributed by atoms with Crippen LogP contribution in [0.5, 0.6) is 0 Å². The molecule has 0 bridgehead atoms. The van der Waals surface area contributed by atoms with Crippen LogP contribution in [-0.4, -0.2) is 40.1 Å². The summed E-state index contributed by atoms with van der Waals surface area (Å²) in [7, 11) is 0. The Labute approximate surface area is 94.0 Å². The first-order chi connectivity index (χ1) is 6.24. The van der Waals surface area contributed by atoms with Crippen LogP contribution in [0.3, 0.4) is 0 Å². The number of rotatable bonds is 3. The molecule has 0 aromatic heterocycles. The first-order valence-corrected chi connectivity index (χ1v) is 5.89. The van der Waals surface area contributed by atoms with Gasteiger partial charge in [-0.05, 0) is 6.42 Å². The zero-order chi connectivity index (χ0) is 9.68. The zero-order valence-corrected chi connectivity index (χ0v) is 10.3. The molecule has 0 unspecified atom stereocenters. The molecular formula is C9H17IN2O. The molecule has 1 fully saturated rings. The topological polar surface area (TPSA) is 23.6 Å². The van der Waals surface area contributed by atoms with Crippen LogP contribution in [-0.2, 0) is 4.79 Å². The summed E-state index contributed by atoms with van der Waals surface area (Å²) in [4.78, 5) is 13.6. The summed E-state index contributed by atoms with van der Waals surface area (Å²) in [6.07, 6.45) is 2.87. The van der Waals surface area contributed by atoms with Crippen LogP contribution < -0.4 is 0 Å². The van der Waals surface area contributed by atoms with Crippen LogP contribution in [0.2, 0.25) is 0 Å². The fourth-order valence-corrected chi connectivity index (χ4v) is 1.85. The summed E-state index contributed by atoms with van der Waals surface area (Å²) >= 11 is 2.31. The van der Waals surface area contributed by atoms with Crippen LogP contribution >= 0.6 is 22.9 Å².